The number of piperidine rings is 1. The van der Waals surface area contributed by atoms with Gasteiger partial charge in [-0.1, -0.05) is 37.3 Å². The molecule has 3 rings (SSSR count). The van der Waals surface area contributed by atoms with Crippen LogP contribution in [0.2, 0.25) is 0 Å². The molecule has 0 spiro atoms. The molecule has 2 heterocycles. The quantitative estimate of drug-likeness (QED) is 0.223. The zero-order valence-corrected chi connectivity index (χ0v) is 21.8. The lowest BCUT2D eigenvalue weighted by atomic mass is 9.95. The number of hydrogen-bond acceptors (Lipinski definition) is 4. The van der Waals surface area contributed by atoms with Crippen molar-refractivity contribution in [1.82, 2.24) is 15.1 Å². The van der Waals surface area contributed by atoms with Crippen molar-refractivity contribution in [2.45, 2.75) is 32.2 Å². The topological polar surface area (TPSA) is 49.3 Å². The molecule has 1 aromatic carbocycles. The summed E-state index contributed by atoms with van der Waals surface area (Å²) in [5.41, 5.74) is 1.39. The highest BCUT2D eigenvalue weighted by Crippen LogP contribution is 2.26. The second-order valence-electron chi connectivity index (χ2n) is 8.74. The van der Waals surface area contributed by atoms with E-state index in [9.17, 15) is 0 Å². The van der Waals surface area contributed by atoms with Gasteiger partial charge in [0.2, 0.25) is 0 Å². The van der Waals surface area contributed by atoms with E-state index in [1.165, 1.54) is 31.5 Å². The van der Waals surface area contributed by atoms with Gasteiger partial charge >= 0.3 is 0 Å². The zero-order valence-electron chi connectivity index (χ0n) is 19.5. The monoisotopic (exact) mass is 544 g/mol. The highest BCUT2D eigenvalue weighted by molar-refractivity contribution is 14.0. The molecule has 176 valence electrons. The second kappa shape index (κ2) is 14.3. The van der Waals surface area contributed by atoms with E-state index in [0.717, 1.165) is 44.5 Å². The highest BCUT2D eigenvalue weighted by atomic mass is 127. The van der Waals surface area contributed by atoms with Crippen molar-refractivity contribution in [2.24, 2.45) is 16.8 Å². The van der Waals surface area contributed by atoms with E-state index in [1.807, 2.05) is 7.05 Å². The molecule has 1 N–H and O–H groups in total. The lowest BCUT2D eigenvalue weighted by molar-refractivity contribution is 0.0536. The van der Waals surface area contributed by atoms with Gasteiger partial charge in [0.1, 0.15) is 0 Å². The first-order valence-corrected chi connectivity index (χ1v) is 11.5. The van der Waals surface area contributed by atoms with Crippen molar-refractivity contribution in [3.63, 3.8) is 0 Å². The number of methoxy groups -OCH3 is 1. The highest BCUT2D eigenvalue weighted by Gasteiger charge is 2.28. The van der Waals surface area contributed by atoms with Gasteiger partial charge in [0.05, 0.1) is 25.9 Å². The average molecular weight is 545 g/mol. The summed E-state index contributed by atoms with van der Waals surface area (Å²) in [6.45, 7) is 9.78. The molecule has 1 aromatic rings. The molecule has 0 bridgehead atoms. The van der Waals surface area contributed by atoms with Crippen LogP contribution in [0.25, 0.3) is 0 Å². The Kier molecular flexibility index (Phi) is 12.1. The number of halogens is 1. The number of guanidine groups is 1. The minimum Gasteiger partial charge on any atom is -0.382 e. The molecule has 0 aliphatic carbocycles. The van der Waals surface area contributed by atoms with E-state index >= 15 is 0 Å². The van der Waals surface area contributed by atoms with Crippen LogP contribution in [-0.4, -0.2) is 82.5 Å². The average Bonchev–Trinajstić information content (AvgIpc) is 3.25. The van der Waals surface area contributed by atoms with Crippen molar-refractivity contribution in [3.8, 4) is 0 Å². The van der Waals surface area contributed by atoms with Crippen LogP contribution in [-0.2, 0) is 9.47 Å². The lowest BCUT2D eigenvalue weighted by Gasteiger charge is -2.37. The maximum atomic E-state index is 5.75. The SMILES string of the molecule is CN=C(NCC(c1ccccc1)N1CCC(C)CC1)N1CCC(COCCOC)C1.I. The second-order valence-corrected chi connectivity index (χ2v) is 8.74. The fourth-order valence-electron chi connectivity index (χ4n) is 4.55. The number of likely N-dealkylation sites (tertiary alicyclic amines) is 2. The molecular weight excluding hydrogens is 503 g/mol. The third kappa shape index (κ3) is 8.18. The van der Waals surface area contributed by atoms with E-state index < -0.39 is 0 Å². The first kappa shape index (κ1) is 26.4. The molecule has 0 amide bonds. The first-order valence-electron chi connectivity index (χ1n) is 11.5. The predicted molar refractivity (Wildman–Crippen MR) is 138 cm³/mol. The van der Waals surface area contributed by atoms with Gasteiger partial charge in [0.25, 0.3) is 0 Å². The Bertz CT molecular complexity index is 638. The molecule has 7 heteroatoms. The van der Waals surface area contributed by atoms with E-state index in [-0.39, 0.29) is 24.0 Å². The standard InChI is InChI=1S/C24H40N4O2.HI/c1-20-9-12-27(13-10-20)23(22-7-5-4-6-8-22)17-26-24(25-2)28-14-11-21(18-28)19-30-16-15-29-3;/h4-8,20-21,23H,9-19H2,1-3H3,(H,25,26);1H. The van der Waals surface area contributed by atoms with Crippen molar-refractivity contribution < 1.29 is 9.47 Å². The minimum atomic E-state index is 0. The summed E-state index contributed by atoms with van der Waals surface area (Å²) >= 11 is 0. The fraction of sp³-hybridized carbons (Fsp3) is 0.708. The largest absolute Gasteiger partial charge is 0.382 e. The molecule has 6 nitrogen and oxygen atoms in total. The van der Waals surface area contributed by atoms with Gasteiger partial charge in [-0.3, -0.25) is 9.89 Å². The Morgan fingerprint density at radius 2 is 1.87 bits per heavy atom. The van der Waals surface area contributed by atoms with Crippen LogP contribution in [0.15, 0.2) is 35.3 Å². The normalized spacial score (nSPS) is 21.7. The number of nitrogens with one attached hydrogen (secondary N) is 1. The Balaban J connectivity index is 0.00000341. The molecular formula is C24H41IN4O2. The predicted octanol–water partition coefficient (Wildman–Crippen LogP) is 3.64. The summed E-state index contributed by atoms with van der Waals surface area (Å²) in [7, 11) is 3.61. The smallest absolute Gasteiger partial charge is 0.193 e. The molecule has 2 atom stereocenters. The van der Waals surface area contributed by atoms with E-state index in [4.69, 9.17) is 9.47 Å². The number of ether oxygens (including phenoxy) is 2. The Hall–Kier alpha value is -0.900. The van der Waals surface area contributed by atoms with Crippen molar-refractivity contribution >= 4 is 29.9 Å². The molecule has 0 saturated carbocycles. The van der Waals surface area contributed by atoms with E-state index in [2.05, 4.69) is 57.4 Å². The number of hydrogen-bond donors (Lipinski definition) is 1. The molecule has 2 aliphatic heterocycles. The number of benzene rings is 1. The number of rotatable bonds is 9. The van der Waals surface area contributed by atoms with Gasteiger partial charge in [-0.05, 0) is 43.8 Å². The van der Waals surface area contributed by atoms with E-state index in [1.54, 1.807) is 7.11 Å². The molecule has 31 heavy (non-hydrogen) atoms. The van der Waals surface area contributed by atoms with Gasteiger partial charge in [-0.15, -0.1) is 24.0 Å². The minimum absolute atomic E-state index is 0. The van der Waals surface area contributed by atoms with Gasteiger partial charge < -0.3 is 19.7 Å². The first-order chi connectivity index (χ1) is 14.7. The van der Waals surface area contributed by atoms with Crippen molar-refractivity contribution in [2.75, 3.05) is 66.7 Å². The summed E-state index contributed by atoms with van der Waals surface area (Å²) in [5, 5.41) is 3.69. The van der Waals surface area contributed by atoms with Crippen molar-refractivity contribution in [3.05, 3.63) is 35.9 Å². The Labute approximate surface area is 205 Å². The molecule has 0 radical (unpaired) electrons. The van der Waals surface area contributed by atoms with Crippen LogP contribution in [0.5, 0.6) is 0 Å². The third-order valence-electron chi connectivity index (χ3n) is 6.48. The molecule has 0 aromatic heterocycles. The summed E-state index contributed by atoms with van der Waals surface area (Å²) < 4.78 is 10.8. The molecule has 2 fully saturated rings. The third-order valence-corrected chi connectivity index (χ3v) is 6.48. The van der Waals surface area contributed by atoms with Gasteiger partial charge in [0, 0.05) is 39.7 Å². The maximum Gasteiger partial charge on any atom is 0.193 e. The van der Waals surface area contributed by atoms with Crippen molar-refractivity contribution in [1.29, 1.82) is 0 Å². The summed E-state index contributed by atoms with van der Waals surface area (Å²) in [4.78, 5) is 9.61. The van der Waals surface area contributed by atoms with E-state index in [0.29, 0.717) is 25.2 Å². The van der Waals surface area contributed by atoms with Gasteiger partial charge in [0.15, 0.2) is 5.96 Å². The van der Waals surface area contributed by atoms with Crippen LogP contribution >= 0.6 is 24.0 Å². The number of aliphatic imine (C=N–C) groups is 1. The number of nitrogens with zero attached hydrogens (tertiary/aromatic N) is 3. The summed E-state index contributed by atoms with van der Waals surface area (Å²) in [6, 6.07) is 11.3. The van der Waals surface area contributed by atoms with Crippen LogP contribution in [0.1, 0.15) is 37.8 Å². The Morgan fingerprint density at radius 3 is 2.55 bits per heavy atom. The Morgan fingerprint density at radius 1 is 1.13 bits per heavy atom. The van der Waals surface area contributed by atoms with Crippen LogP contribution < -0.4 is 5.32 Å². The summed E-state index contributed by atoms with van der Waals surface area (Å²) in [5.74, 6) is 2.42. The lowest BCUT2D eigenvalue weighted by Crippen LogP contribution is -2.46. The van der Waals surface area contributed by atoms with Crippen LogP contribution in [0, 0.1) is 11.8 Å². The van der Waals surface area contributed by atoms with Gasteiger partial charge in [-0.25, -0.2) is 0 Å². The molecule has 2 saturated heterocycles. The fourth-order valence-corrected chi connectivity index (χ4v) is 4.55. The van der Waals surface area contributed by atoms with Crippen LogP contribution in [0.3, 0.4) is 0 Å². The van der Waals surface area contributed by atoms with Crippen LogP contribution in [0.4, 0.5) is 0 Å². The maximum absolute atomic E-state index is 5.75. The van der Waals surface area contributed by atoms with Gasteiger partial charge in [-0.2, -0.15) is 0 Å². The molecule has 2 aliphatic rings. The summed E-state index contributed by atoms with van der Waals surface area (Å²) in [6.07, 6.45) is 3.73. The molecule has 2 unspecified atom stereocenters. The zero-order chi connectivity index (χ0) is 21.2.